The second-order valence-corrected chi connectivity index (χ2v) is 6.91. The van der Waals surface area contributed by atoms with Gasteiger partial charge in [-0.05, 0) is 55.8 Å². The van der Waals surface area contributed by atoms with Gasteiger partial charge < -0.3 is 15.1 Å². The monoisotopic (exact) mass is 327 g/mol. The van der Waals surface area contributed by atoms with Crippen molar-refractivity contribution < 1.29 is 0 Å². The zero-order valence-corrected chi connectivity index (χ0v) is 14.3. The number of nitrogens with one attached hydrogen (secondary N) is 1. The molecule has 4 heteroatoms. The molecule has 0 radical (unpaired) electrons. The van der Waals surface area contributed by atoms with E-state index < -0.39 is 0 Å². The lowest BCUT2D eigenvalue weighted by atomic mass is 9.91. The van der Waals surface area contributed by atoms with Gasteiger partial charge in [0.1, 0.15) is 0 Å². The van der Waals surface area contributed by atoms with Crippen LogP contribution in [0.3, 0.4) is 0 Å². The second-order valence-electron chi connectivity index (χ2n) is 6.47. The molecule has 2 aromatic rings. The predicted octanol–water partition coefficient (Wildman–Crippen LogP) is 4.35. The molecule has 0 amide bonds. The van der Waals surface area contributed by atoms with Crippen molar-refractivity contribution in [2.45, 2.75) is 24.9 Å². The van der Waals surface area contributed by atoms with Gasteiger partial charge in [0, 0.05) is 30.3 Å². The Morgan fingerprint density at radius 2 is 1.87 bits per heavy atom. The number of rotatable bonds is 1. The third-order valence-corrected chi connectivity index (χ3v) is 5.51. The van der Waals surface area contributed by atoms with Crippen LogP contribution in [-0.4, -0.2) is 26.7 Å². The van der Waals surface area contributed by atoms with E-state index in [2.05, 4.69) is 65.6 Å². The van der Waals surface area contributed by atoms with Crippen LogP contribution in [0.4, 0.5) is 17.1 Å². The van der Waals surface area contributed by atoms with E-state index in [0.29, 0.717) is 12.1 Å². The minimum Gasteiger partial charge on any atom is -0.363 e. The third-order valence-electron chi connectivity index (χ3n) is 5.27. The van der Waals surface area contributed by atoms with Crippen LogP contribution in [0.25, 0.3) is 0 Å². The molecule has 2 unspecified atom stereocenters. The molecule has 2 atom stereocenters. The molecule has 1 fully saturated rings. The summed E-state index contributed by atoms with van der Waals surface area (Å²) in [4.78, 5) is 4.86. The van der Waals surface area contributed by atoms with Gasteiger partial charge in [0.2, 0.25) is 0 Å². The molecule has 2 aliphatic rings. The van der Waals surface area contributed by atoms with Gasteiger partial charge in [0.05, 0.1) is 17.4 Å². The average molecular weight is 328 g/mol. The normalized spacial score (nSPS) is 22.9. The first-order valence-corrected chi connectivity index (χ1v) is 8.63. The SMILES string of the molecule is CNC1CCN2c3ccccc3N(C)c3ccc(Cl)cc3C2C1. The van der Waals surface area contributed by atoms with Gasteiger partial charge in [0.25, 0.3) is 0 Å². The zero-order chi connectivity index (χ0) is 16.0. The number of piperidine rings is 1. The largest absolute Gasteiger partial charge is 0.363 e. The van der Waals surface area contributed by atoms with E-state index in [4.69, 9.17) is 11.6 Å². The third kappa shape index (κ3) is 2.39. The average Bonchev–Trinajstić information content (AvgIpc) is 2.69. The number of hydrogen-bond acceptors (Lipinski definition) is 3. The molecule has 1 N–H and O–H groups in total. The first-order valence-electron chi connectivity index (χ1n) is 8.25. The number of benzene rings is 2. The van der Waals surface area contributed by atoms with Crippen molar-refractivity contribution >= 4 is 28.7 Å². The summed E-state index contributed by atoms with van der Waals surface area (Å²) in [6.45, 7) is 1.06. The fraction of sp³-hybridized carbons (Fsp3) is 0.368. The quantitative estimate of drug-likeness (QED) is 0.840. The number of hydrogen-bond donors (Lipinski definition) is 1. The summed E-state index contributed by atoms with van der Waals surface area (Å²) in [6, 6.07) is 15.9. The molecule has 0 aromatic heterocycles. The molecule has 2 aromatic carbocycles. The molecule has 2 heterocycles. The Kier molecular flexibility index (Phi) is 3.70. The lowest BCUT2D eigenvalue weighted by Crippen LogP contribution is -2.43. The number of para-hydroxylation sites is 2. The highest BCUT2D eigenvalue weighted by atomic mass is 35.5. The highest BCUT2D eigenvalue weighted by molar-refractivity contribution is 6.30. The van der Waals surface area contributed by atoms with Crippen molar-refractivity contribution in [3.63, 3.8) is 0 Å². The standard InChI is InChI=1S/C19H22ClN3/c1-21-14-9-10-23-18-6-4-3-5-17(18)22(2)16-8-7-13(20)11-15(16)19(23)12-14/h3-8,11,14,19,21H,9-10,12H2,1-2H3. The van der Waals surface area contributed by atoms with Crippen LogP contribution in [0.15, 0.2) is 42.5 Å². The lowest BCUT2D eigenvalue weighted by molar-refractivity contribution is 0.380. The first-order chi connectivity index (χ1) is 11.2. The van der Waals surface area contributed by atoms with Crippen molar-refractivity contribution in [1.29, 1.82) is 0 Å². The van der Waals surface area contributed by atoms with E-state index in [1.54, 1.807) is 0 Å². The molecule has 0 spiro atoms. The topological polar surface area (TPSA) is 18.5 Å². The second kappa shape index (κ2) is 5.73. The Labute approximate surface area is 142 Å². The van der Waals surface area contributed by atoms with Crippen LogP contribution in [0.2, 0.25) is 5.02 Å². The van der Waals surface area contributed by atoms with E-state index in [0.717, 1.165) is 18.0 Å². The van der Waals surface area contributed by atoms with Crippen LogP contribution in [0.5, 0.6) is 0 Å². The minimum absolute atomic E-state index is 0.362. The van der Waals surface area contributed by atoms with Gasteiger partial charge >= 0.3 is 0 Å². The molecule has 120 valence electrons. The minimum atomic E-state index is 0.362. The van der Waals surface area contributed by atoms with Crippen molar-refractivity contribution in [1.82, 2.24) is 5.32 Å². The van der Waals surface area contributed by atoms with Crippen LogP contribution >= 0.6 is 11.6 Å². The lowest BCUT2D eigenvalue weighted by Gasteiger charge is -2.40. The Balaban J connectivity index is 1.92. The first kappa shape index (κ1) is 14.9. The summed E-state index contributed by atoms with van der Waals surface area (Å²) in [5, 5.41) is 4.28. The molecular weight excluding hydrogens is 306 g/mol. The summed E-state index contributed by atoms with van der Waals surface area (Å²) < 4.78 is 0. The number of fused-ring (bicyclic) bond motifs is 5. The van der Waals surface area contributed by atoms with Gasteiger partial charge in [0.15, 0.2) is 0 Å². The van der Waals surface area contributed by atoms with Crippen LogP contribution in [-0.2, 0) is 0 Å². The number of anilines is 3. The Morgan fingerprint density at radius 1 is 1.09 bits per heavy atom. The van der Waals surface area contributed by atoms with Crippen molar-refractivity contribution in [3.05, 3.63) is 53.1 Å². The summed E-state index contributed by atoms with van der Waals surface area (Å²) in [6.07, 6.45) is 2.27. The molecule has 0 saturated carbocycles. The Morgan fingerprint density at radius 3 is 2.65 bits per heavy atom. The van der Waals surface area contributed by atoms with Gasteiger partial charge in [-0.25, -0.2) is 0 Å². The molecule has 0 aliphatic carbocycles. The van der Waals surface area contributed by atoms with Gasteiger partial charge in [-0.1, -0.05) is 23.7 Å². The van der Waals surface area contributed by atoms with Crippen molar-refractivity contribution in [2.24, 2.45) is 0 Å². The maximum Gasteiger partial charge on any atom is 0.0646 e. The van der Waals surface area contributed by atoms with Gasteiger partial charge in [-0.2, -0.15) is 0 Å². The van der Waals surface area contributed by atoms with E-state index in [-0.39, 0.29) is 0 Å². The van der Waals surface area contributed by atoms with E-state index >= 15 is 0 Å². The highest BCUT2D eigenvalue weighted by Crippen LogP contribution is 2.48. The summed E-state index contributed by atoms with van der Waals surface area (Å²) >= 11 is 6.34. The van der Waals surface area contributed by atoms with Crippen LogP contribution in [0, 0.1) is 0 Å². The Bertz CT molecular complexity index is 730. The molecule has 4 rings (SSSR count). The number of nitrogens with zero attached hydrogens (tertiary/aromatic N) is 2. The predicted molar refractivity (Wildman–Crippen MR) is 98.1 cm³/mol. The van der Waals surface area contributed by atoms with Crippen molar-refractivity contribution in [2.75, 3.05) is 30.4 Å². The smallest absolute Gasteiger partial charge is 0.0646 e. The molecular formula is C19H22ClN3. The van der Waals surface area contributed by atoms with E-state index in [9.17, 15) is 0 Å². The molecule has 0 bridgehead atoms. The van der Waals surface area contributed by atoms with E-state index in [1.807, 2.05) is 6.07 Å². The molecule has 1 saturated heterocycles. The highest BCUT2D eigenvalue weighted by Gasteiger charge is 2.35. The number of halogens is 1. The maximum atomic E-state index is 6.34. The summed E-state index contributed by atoms with van der Waals surface area (Å²) in [7, 11) is 4.22. The fourth-order valence-corrected chi connectivity index (χ4v) is 4.21. The summed E-state index contributed by atoms with van der Waals surface area (Å²) in [5.74, 6) is 0. The fourth-order valence-electron chi connectivity index (χ4n) is 4.03. The summed E-state index contributed by atoms with van der Waals surface area (Å²) in [5.41, 5.74) is 5.17. The van der Waals surface area contributed by atoms with Crippen LogP contribution in [0.1, 0.15) is 24.4 Å². The van der Waals surface area contributed by atoms with Gasteiger partial charge in [-0.15, -0.1) is 0 Å². The van der Waals surface area contributed by atoms with E-state index in [1.165, 1.54) is 29.0 Å². The van der Waals surface area contributed by atoms with Crippen LogP contribution < -0.4 is 15.1 Å². The van der Waals surface area contributed by atoms with Gasteiger partial charge in [-0.3, -0.25) is 0 Å². The Hall–Kier alpha value is -1.71. The maximum absolute atomic E-state index is 6.34. The molecule has 3 nitrogen and oxygen atoms in total. The zero-order valence-electron chi connectivity index (χ0n) is 13.6. The molecule has 23 heavy (non-hydrogen) atoms. The molecule has 2 aliphatic heterocycles. The van der Waals surface area contributed by atoms with Crippen molar-refractivity contribution in [3.8, 4) is 0 Å².